The summed E-state index contributed by atoms with van der Waals surface area (Å²) in [4.78, 5) is 68.9. The number of nitrogens with one attached hydrogen (secondary N) is 1. The number of nitrogens with zero attached hydrogens (tertiary/aromatic N) is 16. The van der Waals surface area contributed by atoms with Gasteiger partial charge in [0.15, 0.2) is 11.6 Å². The fourth-order valence-electron chi connectivity index (χ4n) is 15.4. The van der Waals surface area contributed by atoms with Gasteiger partial charge in [0.1, 0.15) is 54.8 Å². The Morgan fingerprint density at radius 2 is 0.810 bits per heavy atom. The highest BCUT2D eigenvalue weighted by Gasteiger charge is 2.52. The van der Waals surface area contributed by atoms with Crippen molar-refractivity contribution < 1.29 is 59.5 Å². The first-order chi connectivity index (χ1) is 66.2. The Morgan fingerprint density at radius 3 is 1.21 bits per heavy atom. The second-order valence-corrected chi connectivity index (χ2v) is 37.9. The van der Waals surface area contributed by atoms with Crippen molar-refractivity contribution in [1.82, 2.24) is 72.2 Å². The molecule has 1 saturated heterocycles. The molecule has 1 aliphatic carbocycles. The van der Waals surface area contributed by atoms with Crippen LogP contribution >= 0.6 is 34.2 Å². The molecular weight excluding hydrogens is 1910 g/mol. The average Bonchev–Trinajstić information content (AvgIpc) is 1.57. The highest BCUT2D eigenvalue weighted by Crippen LogP contribution is 2.43. The molecule has 3 N–H and O–H groups in total. The van der Waals surface area contributed by atoms with Gasteiger partial charge >= 0.3 is 25.0 Å². The number of pyridine rings is 3. The van der Waals surface area contributed by atoms with Gasteiger partial charge in [-0.3, -0.25) is 18.5 Å². The van der Waals surface area contributed by atoms with Crippen molar-refractivity contribution in [2.45, 2.75) is 87.7 Å². The van der Waals surface area contributed by atoms with Crippen LogP contribution in [-0.2, 0) is 74.5 Å². The van der Waals surface area contributed by atoms with Crippen molar-refractivity contribution in [2.75, 3.05) is 36.9 Å². The smallest absolute Gasteiger partial charge is 0.465 e. The average molecular weight is 2000 g/mol. The summed E-state index contributed by atoms with van der Waals surface area (Å²) in [7, 11) is -4.70. The van der Waals surface area contributed by atoms with Crippen molar-refractivity contribution in [3.8, 4) is 39.6 Å². The van der Waals surface area contributed by atoms with Gasteiger partial charge in [-0.05, 0) is 181 Å². The second kappa shape index (κ2) is 41.8. The minimum absolute atomic E-state index is 0.0887. The number of aromatic nitrogens is 15. The van der Waals surface area contributed by atoms with Crippen LogP contribution in [0.15, 0.2) is 339 Å². The summed E-state index contributed by atoms with van der Waals surface area (Å²) >= 11 is 7.03. The molecule has 137 heavy (non-hydrogen) atoms. The van der Waals surface area contributed by atoms with Gasteiger partial charge in [-0.2, -0.15) is 0 Å². The van der Waals surface area contributed by atoms with Gasteiger partial charge in [0.25, 0.3) is 20.0 Å². The summed E-state index contributed by atoms with van der Waals surface area (Å²) in [5.41, 5.74) is 17.6. The van der Waals surface area contributed by atoms with E-state index in [1.807, 2.05) is 242 Å². The Labute approximate surface area is 808 Å². The lowest BCUT2D eigenvalue weighted by Crippen LogP contribution is -2.41. The van der Waals surface area contributed by atoms with Crippen LogP contribution in [0.5, 0.6) is 0 Å². The second-order valence-electron chi connectivity index (χ2n) is 32.8. The van der Waals surface area contributed by atoms with Crippen LogP contribution in [0.1, 0.15) is 93.9 Å². The number of ether oxygens (including phenoxy) is 3. The molecule has 1 saturated carbocycles. The molecule has 0 radical (unpaired) electrons. The Balaban J connectivity index is 0.000000135. The predicted molar refractivity (Wildman–Crippen MR) is 532 cm³/mol. The number of H-pyrrole nitrogens is 1. The molecule has 9 aromatic carbocycles. The van der Waals surface area contributed by atoms with Crippen LogP contribution in [0.3, 0.4) is 0 Å². The molecule has 0 unspecified atom stereocenters. The third kappa shape index (κ3) is 21.3. The zero-order chi connectivity index (χ0) is 96.1. The van der Waals surface area contributed by atoms with Gasteiger partial charge < -0.3 is 44.0 Å². The fourth-order valence-corrected chi connectivity index (χ4v) is 19.9. The molecule has 36 heteroatoms. The first-order valence-electron chi connectivity index (χ1n) is 43.1. The number of fused-ring (bicyclic) bond motifs is 3. The standard InChI is InChI=1S/C37H30N6O4S.C29H24IN3O4S.C17H14N6O2.C14H18BN3O2.C4H5ClO/c1-47-37(44)33-22-38-36(41(23-27-12-5-2-6-13-27)24-28-14-7-3-8-15-28)35-32(33)21-34(43(35)48(45,46)31-18-9-4-10-19-31)29-16-11-17-30(20-29)42-25-39-40-26-42;1-37-29(34)25-18-31-28(32(19-21-11-5-2-6-12-21)20-22-13-7-3-8-14-22)27-24(25)17-26(30)33(27)38(35,36)23-15-9-4-10-16-23;1-25-17(24)13-7-19-16(18)15-12(13)6-14(22-15)10-3-2-4-11(5-10)23-8-20-21-9-23;1-13(2)14(3,4)20-15(19-13)11-6-5-7-12(8-11)18-9-16-17-10-18;5-4(6)3-1-2-3/h2-22,25-26H,23-24H2,1H3;2-18H,19-20H2,1H3;2-9,22H,1H3,(H2,18,19);5-10H,1-4H3;3H,1-2H2. The van der Waals surface area contributed by atoms with Gasteiger partial charge in [0, 0.05) is 101 Å². The summed E-state index contributed by atoms with van der Waals surface area (Å²) < 4.78 is 93.1. The number of esters is 3. The Morgan fingerprint density at radius 1 is 0.453 bits per heavy atom. The molecule has 2 aliphatic rings. The molecule has 31 nitrogen and oxygen atoms in total. The van der Waals surface area contributed by atoms with Crippen LogP contribution in [0.2, 0.25) is 0 Å². The Kier molecular flexibility index (Phi) is 29.0. The van der Waals surface area contributed by atoms with E-state index >= 15 is 0 Å². The lowest BCUT2D eigenvalue weighted by Gasteiger charge is -2.32. The summed E-state index contributed by atoms with van der Waals surface area (Å²) in [6.45, 7) is 10.0. The molecule has 2 fully saturated rings. The number of hydrogen-bond donors (Lipinski definition) is 2. The highest BCUT2D eigenvalue weighted by molar-refractivity contribution is 14.1. The largest absolute Gasteiger partial charge is 0.494 e. The lowest BCUT2D eigenvalue weighted by atomic mass is 9.79. The maximum absolute atomic E-state index is 14.8. The summed E-state index contributed by atoms with van der Waals surface area (Å²) in [5, 5.41) is 24.5. The first-order valence-corrected chi connectivity index (χ1v) is 47.5. The fraction of sp³-hybridized carbons (Fsp3) is 0.158. The molecule has 0 amide bonds. The first kappa shape index (κ1) is 95.0. The number of hydrogen-bond acceptors (Lipinski definition) is 25. The number of methoxy groups -OCH3 is 3. The minimum Gasteiger partial charge on any atom is -0.465 e. The van der Waals surface area contributed by atoms with Crippen LogP contribution in [0.4, 0.5) is 17.5 Å². The number of nitrogens with two attached hydrogens (primary N) is 1. The molecule has 10 heterocycles. The van der Waals surface area contributed by atoms with Gasteiger partial charge in [-0.25, -0.2) is 54.1 Å². The number of rotatable bonds is 24. The number of carbonyl (C=O) groups excluding carboxylic acids is 4. The van der Waals surface area contributed by atoms with Crippen molar-refractivity contribution in [2.24, 2.45) is 5.92 Å². The Hall–Kier alpha value is -15.1. The van der Waals surface area contributed by atoms with Gasteiger partial charge in [-0.1, -0.05) is 194 Å². The van der Waals surface area contributed by atoms with Crippen LogP contribution in [0, 0.1) is 9.62 Å². The van der Waals surface area contributed by atoms with Crippen molar-refractivity contribution in [3.05, 3.63) is 372 Å². The number of carbonyl (C=O) groups is 4. The van der Waals surface area contributed by atoms with E-state index in [1.165, 1.54) is 47.9 Å². The van der Waals surface area contributed by atoms with E-state index in [9.17, 15) is 36.0 Å². The summed E-state index contributed by atoms with van der Waals surface area (Å²) in [6.07, 6.45) is 16.1. The molecular formula is C101H91BClIN18O13S2. The molecule has 9 aromatic heterocycles. The third-order valence-corrected chi connectivity index (χ3v) is 28.1. The lowest BCUT2D eigenvalue weighted by molar-refractivity contribution is -0.112. The van der Waals surface area contributed by atoms with E-state index in [0.717, 1.165) is 68.9 Å². The monoisotopic (exact) mass is 2000 g/mol. The van der Waals surface area contributed by atoms with Crippen molar-refractivity contribution in [1.29, 1.82) is 0 Å². The summed E-state index contributed by atoms with van der Waals surface area (Å²) in [5.74, 6) is -0.279. The number of benzene rings is 9. The highest BCUT2D eigenvalue weighted by atomic mass is 127. The Bertz CT molecular complexity index is 7470. The van der Waals surface area contributed by atoms with Crippen molar-refractivity contribution >= 4 is 140 Å². The zero-order valence-electron chi connectivity index (χ0n) is 75.2. The molecule has 20 rings (SSSR count). The number of halogens is 2. The molecule has 692 valence electrons. The number of anilines is 3. The zero-order valence-corrected chi connectivity index (χ0v) is 79.7. The maximum atomic E-state index is 14.8. The van der Waals surface area contributed by atoms with E-state index in [0.29, 0.717) is 91.3 Å². The van der Waals surface area contributed by atoms with Crippen LogP contribution in [0.25, 0.3) is 72.3 Å². The van der Waals surface area contributed by atoms with Crippen LogP contribution < -0.4 is 21.0 Å². The number of aromatic amines is 1. The van der Waals surface area contributed by atoms with Gasteiger partial charge in [-0.15, -0.1) is 30.6 Å². The van der Waals surface area contributed by atoms with E-state index in [4.69, 9.17) is 45.8 Å². The van der Waals surface area contributed by atoms with E-state index in [2.05, 4.69) is 73.2 Å². The SMILES string of the molecule is CC1(C)OB(c2cccc(-n3cnnc3)c2)OC1(C)C.COC(=O)c1cnc(N(Cc2ccccc2)Cc2ccccc2)c2c1cc(-c1cccc(-n3cnnc3)c1)n2S(=O)(=O)c1ccccc1.COC(=O)c1cnc(N(Cc2ccccc2)Cc2ccccc2)c2c1cc(I)n2S(=O)(=O)c1ccccc1.COC(=O)c1cnc(N)c2[nH]c(-c3cccc(-n4cnnc4)c3)cc12.O=C(Cl)C1CC1. The normalized spacial score (nSPS) is 13.0. The summed E-state index contributed by atoms with van der Waals surface area (Å²) in [6, 6.07) is 84.6. The molecule has 1 aliphatic heterocycles. The minimum atomic E-state index is -4.25. The van der Waals surface area contributed by atoms with Crippen molar-refractivity contribution in [3.63, 3.8) is 0 Å². The maximum Gasteiger partial charge on any atom is 0.494 e. The van der Waals surface area contributed by atoms with Crippen LogP contribution in [-0.4, -0.2) is 152 Å². The molecule has 0 spiro atoms. The van der Waals surface area contributed by atoms with E-state index in [1.54, 1.807) is 115 Å². The molecule has 18 aromatic rings. The topological polar surface area (TPSA) is 372 Å². The quantitative estimate of drug-likeness (QED) is 0.0186. The number of nitrogen functional groups attached to an aromatic ring is 1. The van der Waals surface area contributed by atoms with Gasteiger partial charge in [0.05, 0.1) is 73.9 Å². The van der Waals surface area contributed by atoms with E-state index in [-0.39, 0.29) is 55.9 Å². The van der Waals surface area contributed by atoms with E-state index < -0.39 is 38.0 Å². The molecule has 0 atom stereocenters. The predicted octanol–water partition coefficient (Wildman–Crippen LogP) is 17.3. The van der Waals surface area contributed by atoms with Gasteiger partial charge in [0.2, 0.25) is 5.24 Å². The third-order valence-electron chi connectivity index (χ3n) is 23.2. The molecule has 0 bridgehead atoms.